The Kier molecular flexibility index (Phi) is 5.80. The van der Waals surface area contributed by atoms with Gasteiger partial charge < -0.3 is 10.4 Å². The minimum Gasteiger partial charge on any atom is -0.477 e. The molecule has 3 heterocycles. The fourth-order valence-electron chi connectivity index (χ4n) is 3.02. The van der Waals surface area contributed by atoms with Gasteiger partial charge in [-0.1, -0.05) is 50.2 Å². The van der Waals surface area contributed by atoms with Crippen LogP contribution in [0.4, 0.5) is 10.8 Å². The van der Waals surface area contributed by atoms with Gasteiger partial charge in [-0.3, -0.25) is 0 Å². The van der Waals surface area contributed by atoms with Crippen LogP contribution in [-0.4, -0.2) is 16.1 Å². The number of nitrogens with zero attached hydrogens (tertiary/aromatic N) is 1. The summed E-state index contributed by atoms with van der Waals surface area (Å²) >= 11 is 4.55. The normalized spacial score (nSPS) is 11.1. The van der Waals surface area contributed by atoms with Crippen LogP contribution in [0.3, 0.4) is 0 Å². The first-order chi connectivity index (χ1) is 14.0. The number of nitrogens with one attached hydrogen (secondary N) is 1. The van der Waals surface area contributed by atoms with Crippen LogP contribution in [0, 0.1) is 5.92 Å². The predicted molar refractivity (Wildman–Crippen MR) is 124 cm³/mol. The molecule has 0 saturated carbocycles. The van der Waals surface area contributed by atoms with Crippen LogP contribution in [0.2, 0.25) is 0 Å². The van der Waals surface area contributed by atoms with Crippen molar-refractivity contribution in [2.24, 2.45) is 5.92 Å². The van der Waals surface area contributed by atoms with Crippen molar-refractivity contribution in [2.75, 3.05) is 5.32 Å². The molecule has 4 rings (SSSR count). The van der Waals surface area contributed by atoms with Crippen molar-refractivity contribution in [3.05, 3.63) is 63.7 Å². The maximum Gasteiger partial charge on any atom is 0.348 e. The number of rotatable bonds is 7. The smallest absolute Gasteiger partial charge is 0.348 e. The van der Waals surface area contributed by atoms with E-state index in [-0.39, 0.29) is 0 Å². The van der Waals surface area contributed by atoms with E-state index < -0.39 is 5.97 Å². The van der Waals surface area contributed by atoms with Gasteiger partial charge in [0.2, 0.25) is 0 Å². The summed E-state index contributed by atoms with van der Waals surface area (Å²) in [6.45, 7) is 4.39. The van der Waals surface area contributed by atoms with Gasteiger partial charge in [0, 0.05) is 9.75 Å². The third kappa shape index (κ3) is 4.42. The number of carbonyl (C=O) groups is 1. The van der Waals surface area contributed by atoms with Crippen LogP contribution in [-0.2, 0) is 6.42 Å². The average molecular weight is 441 g/mol. The quantitative estimate of drug-likeness (QED) is 0.318. The third-order valence-electron chi connectivity index (χ3n) is 4.27. The van der Waals surface area contributed by atoms with E-state index in [9.17, 15) is 9.90 Å². The number of hydrogen-bond acceptors (Lipinski definition) is 6. The number of anilines is 2. The topological polar surface area (TPSA) is 62.2 Å². The van der Waals surface area contributed by atoms with E-state index in [1.807, 2.05) is 42.5 Å². The zero-order valence-corrected chi connectivity index (χ0v) is 18.5. The Bertz CT molecular complexity index is 1110. The number of aromatic nitrogens is 1. The molecule has 29 heavy (non-hydrogen) atoms. The van der Waals surface area contributed by atoms with Gasteiger partial charge in [0.1, 0.15) is 4.88 Å². The second-order valence-corrected chi connectivity index (χ2v) is 10.1. The molecule has 1 aromatic carbocycles. The summed E-state index contributed by atoms with van der Waals surface area (Å²) < 4.78 is 0. The van der Waals surface area contributed by atoms with Crippen LogP contribution >= 0.6 is 34.0 Å². The van der Waals surface area contributed by atoms with E-state index in [2.05, 4.69) is 30.6 Å². The molecule has 0 fully saturated rings. The standard InChI is InChI=1S/C22H20N2O2S3/c1-13(2)11-18-19(16-9-6-10-27-16)24-22(29-18)23-15-12-17(28-20(15)21(25)26)14-7-4-3-5-8-14/h3-10,12-13H,11H2,1-2H3,(H,23,24)(H,25,26). The highest BCUT2D eigenvalue weighted by Gasteiger charge is 2.20. The minimum atomic E-state index is -0.933. The first-order valence-electron chi connectivity index (χ1n) is 9.24. The molecule has 4 aromatic rings. The summed E-state index contributed by atoms with van der Waals surface area (Å²) in [7, 11) is 0. The fraction of sp³-hybridized carbons (Fsp3) is 0.182. The van der Waals surface area contributed by atoms with E-state index >= 15 is 0 Å². The molecule has 4 nitrogen and oxygen atoms in total. The molecule has 2 N–H and O–H groups in total. The van der Waals surface area contributed by atoms with Crippen molar-refractivity contribution in [3.63, 3.8) is 0 Å². The van der Waals surface area contributed by atoms with Crippen LogP contribution < -0.4 is 5.32 Å². The molecule has 148 valence electrons. The van der Waals surface area contributed by atoms with Gasteiger partial charge in [-0.2, -0.15) is 0 Å². The van der Waals surface area contributed by atoms with Crippen LogP contribution in [0.15, 0.2) is 53.9 Å². The molecule has 0 aliphatic carbocycles. The number of aromatic carboxylic acids is 1. The largest absolute Gasteiger partial charge is 0.477 e. The second kappa shape index (κ2) is 8.49. The highest BCUT2D eigenvalue weighted by Crippen LogP contribution is 2.40. The van der Waals surface area contributed by atoms with Gasteiger partial charge in [0.25, 0.3) is 0 Å². The van der Waals surface area contributed by atoms with Gasteiger partial charge >= 0.3 is 5.97 Å². The van der Waals surface area contributed by atoms with Crippen molar-refractivity contribution in [2.45, 2.75) is 20.3 Å². The molecule has 0 radical (unpaired) electrons. The Morgan fingerprint density at radius 2 is 1.90 bits per heavy atom. The van der Waals surface area contributed by atoms with Crippen molar-refractivity contribution >= 4 is 50.8 Å². The molecule has 0 aliphatic rings. The summed E-state index contributed by atoms with van der Waals surface area (Å²) in [6.07, 6.45) is 0.942. The summed E-state index contributed by atoms with van der Waals surface area (Å²) in [4.78, 5) is 20.2. The van der Waals surface area contributed by atoms with E-state index in [1.165, 1.54) is 16.2 Å². The van der Waals surface area contributed by atoms with E-state index in [4.69, 9.17) is 4.98 Å². The van der Waals surface area contributed by atoms with Crippen LogP contribution in [0.5, 0.6) is 0 Å². The highest BCUT2D eigenvalue weighted by molar-refractivity contribution is 7.18. The van der Waals surface area contributed by atoms with Crippen LogP contribution in [0.25, 0.3) is 21.0 Å². The van der Waals surface area contributed by atoms with Gasteiger partial charge in [0.15, 0.2) is 5.13 Å². The van der Waals surface area contributed by atoms with Crippen molar-refractivity contribution in [3.8, 4) is 21.0 Å². The molecule has 0 bridgehead atoms. The number of benzene rings is 1. The van der Waals surface area contributed by atoms with Crippen molar-refractivity contribution < 1.29 is 9.90 Å². The second-order valence-electron chi connectivity index (χ2n) is 7.02. The molecule has 0 aliphatic heterocycles. The molecular weight excluding hydrogens is 420 g/mol. The molecule has 0 spiro atoms. The van der Waals surface area contributed by atoms with E-state index in [0.29, 0.717) is 16.5 Å². The number of carboxylic acid groups (broad SMARTS) is 1. The highest BCUT2D eigenvalue weighted by atomic mass is 32.1. The fourth-order valence-corrected chi connectivity index (χ4v) is 5.99. The van der Waals surface area contributed by atoms with Crippen molar-refractivity contribution in [1.29, 1.82) is 0 Å². The molecule has 0 saturated heterocycles. The Labute approximate surface area is 181 Å². The first-order valence-corrected chi connectivity index (χ1v) is 11.8. The number of carboxylic acids is 1. The minimum absolute atomic E-state index is 0.294. The van der Waals surface area contributed by atoms with Crippen molar-refractivity contribution in [1.82, 2.24) is 4.98 Å². The number of thiophene rings is 2. The molecule has 3 aromatic heterocycles. The Morgan fingerprint density at radius 1 is 1.10 bits per heavy atom. The van der Waals surface area contributed by atoms with E-state index in [0.717, 1.165) is 32.6 Å². The zero-order valence-electron chi connectivity index (χ0n) is 16.0. The predicted octanol–water partition coefficient (Wildman–Crippen LogP) is 7.24. The number of thiazole rings is 1. The maximum atomic E-state index is 11.8. The van der Waals surface area contributed by atoms with E-state index in [1.54, 1.807) is 22.7 Å². The summed E-state index contributed by atoms with van der Waals surface area (Å²) in [5, 5.41) is 15.7. The van der Waals surface area contributed by atoms with Gasteiger partial charge in [-0.25, -0.2) is 9.78 Å². The lowest BCUT2D eigenvalue weighted by molar-refractivity contribution is 0.0703. The molecule has 0 amide bonds. The zero-order chi connectivity index (χ0) is 20.4. The lowest BCUT2D eigenvalue weighted by Gasteiger charge is -2.02. The lowest BCUT2D eigenvalue weighted by atomic mass is 10.1. The summed E-state index contributed by atoms with van der Waals surface area (Å²) in [6, 6.07) is 15.8. The SMILES string of the molecule is CC(C)Cc1sc(Nc2cc(-c3ccccc3)sc2C(=O)O)nc1-c1cccs1. The Morgan fingerprint density at radius 3 is 2.55 bits per heavy atom. The Hall–Kier alpha value is -2.48. The average Bonchev–Trinajstić information content (AvgIpc) is 3.42. The lowest BCUT2D eigenvalue weighted by Crippen LogP contribution is -1.98. The van der Waals surface area contributed by atoms with Gasteiger partial charge in [-0.05, 0) is 35.4 Å². The monoisotopic (exact) mass is 440 g/mol. The first kappa shape index (κ1) is 19.8. The molecule has 0 atom stereocenters. The molecular formula is C22H20N2O2S3. The summed E-state index contributed by atoms with van der Waals surface area (Å²) in [5.41, 5.74) is 2.59. The Balaban J connectivity index is 1.70. The van der Waals surface area contributed by atoms with Crippen LogP contribution in [0.1, 0.15) is 28.4 Å². The number of hydrogen-bond donors (Lipinski definition) is 2. The molecule has 7 heteroatoms. The summed E-state index contributed by atoms with van der Waals surface area (Å²) in [5.74, 6) is -0.417. The van der Waals surface area contributed by atoms with Gasteiger partial charge in [-0.15, -0.1) is 34.0 Å². The van der Waals surface area contributed by atoms with Gasteiger partial charge in [0.05, 0.1) is 16.3 Å². The molecule has 0 unspecified atom stereocenters. The third-order valence-corrected chi connectivity index (χ3v) is 7.31. The maximum absolute atomic E-state index is 11.8.